The first-order valence-corrected chi connectivity index (χ1v) is 11.8. The van der Waals surface area contributed by atoms with Gasteiger partial charge in [0.25, 0.3) is 0 Å². The Kier molecular flexibility index (Phi) is 7.38. The predicted molar refractivity (Wildman–Crippen MR) is 138 cm³/mol. The number of carbonyl (C=O) groups excluding carboxylic acids is 1. The van der Waals surface area contributed by atoms with Crippen LogP contribution in [0.5, 0.6) is 28.7 Å². The second-order valence-electron chi connectivity index (χ2n) is 8.98. The number of fused-ring (bicyclic) bond motifs is 2. The summed E-state index contributed by atoms with van der Waals surface area (Å²) in [6.45, 7) is 4.44. The average Bonchev–Trinajstić information content (AvgIpc) is 3.05. The van der Waals surface area contributed by atoms with E-state index in [0.717, 1.165) is 6.42 Å². The number of hydrogen-bond donors (Lipinski definition) is 3. The highest BCUT2D eigenvalue weighted by atomic mass is 16.5. The first kappa shape index (κ1) is 25.6. The van der Waals surface area contributed by atoms with Crippen LogP contribution in [0.1, 0.15) is 40.6 Å². The van der Waals surface area contributed by atoms with Gasteiger partial charge in [0.15, 0.2) is 11.2 Å². The molecule has 1 aliphatic heterocycles. The van der Waals surface area contributed by atoms with E-state index < -0.39 is 5.78 Å². The molecule has 3 aromatic carbocycles. The van der Waals surface area contributed by atoms with E-state index in [1.807, 2.05) is 0 Å². The molecule has 3 N–H and O–H groups in total. The number of methoxy groups -OCH3 is 1. The molecule has 0 radical (unpaired) electrons. The number of benzene rings is 3. The van der Waals surface area contributed by atoms with Gasteiger partial charge in [-0.15, -0.1) is 0 Å². The summed E-state index contributed by atoms with van der Waals surface area (Å²) in [6, 6.07) is 13.7. The largest absolute Gasteiger partial charge is 0.507 e. The maximum Gasteiger partial charge on any atom is 0.200 e. The molecule has 0 bridgehead atoms. The second-order valence-corrected chi connectivity index (χ2v) is 8.98. The van der Waals surface area contributed by atoms with E-state index in [0.29, 0.717) is 47.4 Å². The van der Waals surface area contributed by atoms with Crippen molar-refractivity contribution in [2.75, 3.05) is 13.7 Å². The third-order valence-electron chi connectivity index (χ3n) is 6.19. The summed E-state index contributed by atoms with van der Waals surface area (Å²) in [5.41, 5.74) is 1.16. The van der Waals surface area contributed by atoms with Crippen LogP contribution in [0, 0.1) is 12.8 Å². The Balaban J connectivity index is 0.000000173. The number of aryl methyl sites for hydroxylation is 1. The Bertz CT molecular complexity index is 1520. The minimum absolute atomic E-state index is 0.00958. The van der Waals surface area contributed by atoms with Crippen LogP contribution in [0.15, 0.2) is 63.8 Å². The summed E-state index contributed by atoms with van der Waals surface area (Å²) >= 11 is 0. The topological polar surface area (TPSA) is 126 Å². The first-order valence-electron chi connectivity index (χ1n) is 11.8. The fraction of sp³-hybridized carbons (Fsp3) is 0.241. The number of phenolic OH excluding ortho intramolecular Hbond substituents is 3. The van der Waals surface area contributed by atoms with Gasteiger partial charge in [0.1, 0.15) is 45.5 Å². The summed E-state index contributed by atoms with van der Waals surface area (Å²) in [4.78, 5) is 24.1. The maximum atomic E-state index is 12.1. The van der Waals surface area contributed by atoms with E-state index in [1.54, 1.807) is 31.2 Å². The van der Waals surface area contributed by atoms with E-state index in [1.165, 1.54) is 37.4 Å². The first-order chi connectivity index (χ1) is 17.7. The van der Waals surface area contributed by atoms with Gasteiger partial charge in [-0.1, -0.05) is 19.1 Å². The number of para-hydroxylation sites is 1. The predicted octanol–water partition coefficient (Wildman–Crippen LogP) is 5.11. The van der Waals surface area contributed by atoms with E-state index in [2.05, 4.69) is 6.92 Å². The molecule has 1 unspecified atom stereocenters. The lowest BCUT2D eigenvalue weighted by atomic mass is 10.00. The molecule has 37 heavy (non-hydrogen) atoms. The molecule has 192 valence electrons. The highest BCUT2D eigenvalue weighted by molar-refractivity contribution is 6.12. The van der Waals surface area contributed by atoms with Crippen LogP contribution >= 0.6 is 0 Å². The number of ether oxygens (including phenoxy) is 2. The fourth-order valence-electron chi connectivity index (χ4n) is 4.16. The zero-order valence-electron chi connectivity index (χ0n) is 20.8. The van der Waals surface area contributed by atoms with Gasteiger partial charge < -0.3 is 29.2 Å². The van der Waals surface area contributed by atoms with Crippen LogP contribution in [0.4, 0.5) is 0 Å². The lowest BCUT2D eigenvalue weighted by Gasteiger charge is -2.11. The minimum Gasteiger partial charge on any atom is -0.507 e. The lowest BCUT2D eigenvalue weighted by molar-refractivity contribution is 0.103. The summed E-state index contributed by atoms with van der Waals surface area (Å²) in [5, 5.41) is 30.0. The van der Waals surface area contributed by atoms with Crippen LogP contribution in [0.2, 0.25) is 0 Å². The van der Waals surface area contributed by atoms with Gasteiger partial charge in [-0.2, -0.15) is 0 Å². The summed E-state index contributed by atoms with van der Waals surface area (Å²) < 4.78 is 16.2. The Labute approximate surface area is 213 Å². The van der Waals surface area contributed by atoms with E-state index in [-0.39, 0.29) is 39.2 Å². The van der Waals surface area contributed by atoms with Gasteiger partial charge in [0, 0.05) is 23.8 Å². The van der Waals surface area contributed by atoms with Crippen LogP contribution in [-0.4, -0.2) is 34.8 Å². The average molecular weight is 505 g/mol. The number of phenols is 3. The summed E-state index contributed by atoms with van der Waals surface area (Å²) in [6.07, 6.45) is 1.65. The Morgan fingerprint density at radius 3 is 2.43 bits per heavy atom. The lowest BCUT2D eigenvalue weighted by Crippen LogP contribution is -2.05. The zero-order valence-corrected chi connectivity index (χ0v) is 20.8. The van der Waals surface area contributed by atoms with Gasteiger partial charge in [0.2, 0.25) is 0 Å². The molecule has 8 heteroatoms. The molecule has 8 nitrogen and oxygen atoms in total. The zero-order chi connectivity index (χ0) is 26.7. The van der Waals surface area contributed by atoms with Gasteiger partial charge in [-0.3, -0.25) is 9.59 Å². The number of ketones is 1. The van der Waals surface area contributed by atoms with Crippen molar-refractivity contribution in [2.24, 2.45) is 5.92 Å². The SMILES string of the molecule is COc1ccc(C(=O)c2ccccc2O)c(O)c1.Cc1cc(=O)c2c(O)c3c(cc2o1)OCC(C)CC3. The molecule has 1 aromatic heterocycles. The van der Waals surface area contributed by atoms with Crippen LogP contribution < -0.4 is 14.9 Å². The quantitative estimate of drug-likeness (QED) is 0.329. The van der Waals surface area contributed by atoms with Gasteiger partial charge in [-0.05, 0) is 49.9 Å². The number of hydrogen-bond acceptors (Lipinski definition) is 8. The van der Waals surface area contributed by atoms with E-state index in [9.17, 15) is 24.9 Å². The molecule has 0 aliphatic carbocycles. The van der Waals surface area contributed by atoms with E-state index in [4.69, 9.17) is 13.9 Å². The molecule has 0 amide bonds. The van der Waals surface area contributed by atoms with Gasteiger partial charge >= 0.3 is 0 Å². The minimum atomic E-state index is -0.437. The Morgan fingerprint density at radius 1 is 1.00 bits per heavy atom. The second kappa shape index (κ2) is 10.7. The van der Waals surface area contributed by atoms with Crippen molar-refractivity contribution >= 4 is 16.8 Å². The number of carbonyl (C=O) groups is 1. The van der Waals surface area contributed by atoms with Crippen molar-refractivity contribution in [3.8, 4) is 28.7 Å². The van der Waals surface area contributed by atoms with Crippen molar-refractivity contribution < 1.29 is 34.0 Å². The van der Waals surface area contributed by atoms with Crippen molar-refractivity contribution in [3.05, 3.63) is 87.3 Å². The molecule has 0 fully saturated rings. The molecule has 0 saturated carbocycles. The number of rotatable bonds is 3. The van der Waals surface area contributed by atoms with E-state index >= 15 is 0 Å². The summed E-state index contributed by atoms with van der Waals surface area (Å²) in [5.74, 6) is 1.33. The molecular formula is C29H28O8. The normalized spacial score (nSPS) is 14.5. The van der Waals surface area contributed by atoms with Gasteiger partial charge in [-0.25, -0.2) is 0 Å². The van der Waals surface area contributed by atoms with Crippen molar-refractivity contribution in [2.45, 2.75) is 26.7 Å². The van der Waals surface area contributed by atoms with Crippen molar-refractivity contribution in [3.63, 3.8) is 0 Å². The van der Waals surface area contributed by atoms with Gasteiger partial charge in [0.05, 0.1) is 24.8 Å². The highest BCUT2D eigenvalue weighted by Crippen LogP contribution is 2.38. The monoisotopic (exact) mass is 504 g/mol. The van der Waals surface area contributed by atoms with Crippen molar-refractivity contribution in [1.82, 2.24) is 0 Å². The smallest absolute Gasteiger partial charge is 0.200 e. The van der Waals surface area contributed by atoms with Crippen LogP contribution in [0.3, 0.4) is 0 Å². The number of aromatic hydroxyl groups is 3. The molecule has 1 aliphatic rings. The molecule has 5 rings (SSSR count). The Hall–Kier alpha value is -4.46. The Morgan fingerprint density at radius 2 is 1.73 bits per heavy atom. The molecule has 0 saturated heterocycles. The molecule has 2 heterocycles. The standard InChI is InChI=1S/C15H16O4.C14H12O4/c1-8-3-4-10-12(18-7-8)6-13-14(15(10)17)11(16)5-9(2)19-13;1-18-9-6-7-11(13(16)8-9)14(17)10-4-2-3-5-12(10)15/h5-6,8,17H,3-4,7H2,1-2H3;2-8,15-16H,1H3. The molecule has 0 spiro atoms. The molecular weight excluding hydrogens is 476 g/mol. The third-order valence-corrected chi connectivity index (χ3v) is 6.19. The molecule has 4 aromatic rings. The maximum absolute atomic E-state index is 12.1. The fourth-order valence-corrected chi connectivity index (χ4v) is 4.16. The molecule has 1 atom stereocenters. The highest BCUT2D eigenvalue weighted by Gasteiger charge is 2.22. The third kappa shape index (κ3) is 5.38. The van der Waals surface area contributed by atoms with Crippen LogP contribution in [-0.2, 0) is 6.42 Å². The van der Waals surface area contributed by atoms with Crippen molar-refractivity contribution in [1.29, 1.82) is 0 Å². The van der Waals surface area contributed by atoms with Crippen LogP contribution in [0.25, 0.3) is 11.0 Å². The summed E-state index contributed by atoms with van der Waals surface area (Å²) in [7, 11) is 1.47.